The molecule has 0 saturated carbocycles. The Labute approximate surface area is 451 Å². The van der Waals surface area contributed by atoms with Crippen LogP contribution >= 0.6 is 22.9 Å². The summed E-state index contributed by atoms with van der Waals surface area (Å²) >= 11 is 7.93. The number of fused-ring (bicyclic) bond motifs is 1. The molecule has 14 nitrogen and oxygen atoms in total. The number of thiazole rings is 1. The Morgan fingerprint density at radius 1 is 0.857 bits per heavy atom. The highest BCUT2D eigenvalue weighted by Gasteiger charge is 2.45. The van der Waals surface area contributed by atoms with E-state index in [1.54, 1.807) is 16.8 Å². The Bertz CT molecular complexity index is 3020. The number of unbranched alkanes of at least 4 members (excludes halogenated alkanes) is 6. The number of amides is 6. The third-order valence-corrected chi connectivity index (χ3v) is 15.0. The molecule has 1 saturated heterocycles. The molecular formula is C56H61ClF5N7O7S. The molecule has 77 heavy (non-hydrogen) atoms. The zero-order valence-electron chi connectivity index (χ0n) is 43.1. The normalized spacial score (nSPS) is 17.1. The summed E-state index contributed by atoms with van der Waals surface area (Å²) in [6.07, 6.45) is -0.552. The minimum Gasteiger partial charge on any atom is -0.391 e. The molecule has 1 aromatic heterocycles. The second kappa shape index (κ2) is 24.7. The van der Waals surface area contributed by atoms with Crippen LogP contribution in [0.4, 0.5) is 27.6 Å². The molecule has 21 heteroatoms. The Hall–Kier alpha value is -6.77. The quantitative estimate of drug-likeness (QED) is 0.0327. The predicted molar refractivity (Wildman–Crippen MR) is 282 cm³/mol. The van der Waals surface area contributed by atoms with E-state index >= 15 is 0 Å². The summed E-state index contributed by atoms with van der Waals surface area (Å²) in [7, 11) is 0. The second-order valence-electron chi connectivity index (χ2n) is 20.6. The van der Waals surface area contributed by atoms with Crippen LogP contribution in [0.5, 0.6) is 0 Å². The number of nitrogens with zero attached hydrogens (tertiary/aromatic N) is 2. The molecule has 410 valence electrons. The first-order chi connectivity index (χ1) is 36.4. The molecule has 0 bridgehead atoms. The number of aliphatic hydroxyl groups excluding tert-OH is 1. The van der Waals surface area contributed by atoms with Crippen LogP contribution in [0.25, 0.3) is 10.4 Å². The van der Waals surface area contributed by atoms with Gasteiger partial charge in [-0.25, -0.2) is 13.8 Å². The van der Waals surface area contributed by atoms with Crippen LogP contribution in [0, 0.1) is 24.0 Å². The Balaban J connectivity index is 0.867. The topological polar surface area (TPSA) is 199 Å². The minimum atomic E-state index is -4.97. The molecule has 0 aliphatic carbocycles. The van der Waals surface area contributed by atoms with Crippen molar-refractivity contribution in [3.8, 4) is 10.4 Å². The number of benzene rings is 4. The highest BCUT2D eigenvalue weighted by atomic mass is 35.5. The number of aromatic nitrogens is 1. The number of hydrogen-bond donors (Lipinski definition) is 6. The summed E-state index contributed by atoms with van der Waals surface area (Å²) in [5.74, 6) is -5.66. The number of rotatable bonds is 20. The van der Waals surface area contributed by atoms with E-state index in [2.05, 4.69) is 31.6 Å². The van der Waals surface area contributed by atoms with Crippen LogP contribution in [0.15, 0.2) is 78.3 Å². The van der Waals surface area contributed by atoms with E-state index in [4.69, 9.17) is 11.6 Å². The van der Waals surface area contributed by atoms with Crippen LogP contribution in [-0.2, 0) is 20.6 Å². The largest absolute Gasteiger partial charge is 0.416 e. The van der Waals surface area contributed by atoms with Gasteiger partial charge in [0.15, 0.2) is 0 Å². The lowest BCUT2D eigenvalue weighted by Gasteiger charge is -2.35. The van der Waals surface area contributed by atoms with E-state index in [1.807, 2.05) is 58.9 Å². The van der Waals surface area contributed by atoms with Crippen LogP contribution in [0.2, 0.25) is 5.02 Å². The van der Waals surface area contributed by atoms with Gasteiger partial charge in [0.2, 0.25) is 17.7 Å². The molecule has 5 aromatic rings. The van der Waals surface area contributed by atoms with E-state index in [0.717, 1.165) is 65.9 Å². The Morgan fingerprint density at radius 2 is 1.53 bits per heavy atom. The highest BCUT2D eigenvalue weighted by Crippen LogP contribution is 2.41. The van der Waals surface area contributed by atoms with Crippen molar-refractivity contribution in [2.45, 2.75) is 129 Å². The van der Waals surface area contributed by atoms with Crippen molar-refractivity contribution < 1.29 is 55.8 Å². The van der Waals surface area contributed by atoms with Gasteiger partial charge in [0.1, 0.15) is 23.7 Å². The Morgan fingerprint density at radius 3 is 2.19 bits per heavy atom. The van der Waals surface area contributed by atoms with Crippen LogP contribution in [0.1, 0.15) is 157 Å². The van der Waals surface area contributed by atoms with Gasteiger partial charge >= 0.3 is 6.18 Å². The molecule has 6 amide bonds. The standard InChI is InChI=1S/C56H61ClF5N7O7S/c1-30(32-14-16-33(17-15-32)48-31(2)64-29-77-48)65-53(75)44-27-39(70)28-69(44)54(76)49(55(3,4)5)67-45(71)13-11-9-7-6-8-10-12-20-63-50(72)35-23-41-46(47(68-52(41)74)40-26-37(58)18-19-42(40)57)43(24-35)66-51(73)34-21-36(56(60,61)62)25-38(59)22-34/h14-19,21-26,29-30,39,44,47,49,70H,6-13,20,27-28H2,1-5H3,(H,63,72)(H,65,75)(H,66,73)(H,67,71)(H,68,74)/t30-,39+,44-,47+,49+/m0/s1. The summed E-state index contributed by atoms with van der Waals surface area (Å²) in [6.45, 7) is 9.48. The molecule has 0 spiro atoms. The zero-order valence-corrected chi connectivity index (χ0v) is 44.7. The van der Waals surface area contributed by atoms with Gasteiger partial charge in [-0.2, -0.15) is 13.2 Å². The summed E-state index contributed by atoms with van der Waals surface area (Å²) in [6, 6.07) is 11.7. The van der Waals surface area contributed by atoms with Crippen molar-refractivity contribution in [3.63, 3.8) is 0 Å². The smallest absolute Gasteiger partial charge is 0.391 e. The van der Waals surface area contributed by atoms with Crippen LogP contribution in [0.3, 0.4) is 0 Å². The number of likely N-dealkylation sites (tertiary alicyclic amines) is 1. The molecule has 0 radical (unpaired) electrons. The number of halogens is 6. The molecule has 6 N–H and O–H groups in total. The molecule has 2 aliphatic rings. The lowest BCUT2D eigenvalue weighted by molar-refractivity contribution is -0.144. The average molecular weight is 1110 g/mol. The highest BCUT2D eigenvalue weighted by molar-refractivity contribution is 7.13. The van der Waals surface area contributed by atoms with Gasteiger partial charge < -0.3 is 36.6 Å². The van der Waals surface area contributed by atoms with Gasteiger partial charge in [0.05, 0.1) is 39.8 Å². The number of aliphatic hydroxyl groups is 1. The first-order valence-electron chi connectivity index (χ1n) is 25.4. The molecule has 7 rings (SSSR count). The molecule has 0 unspecified atom stereocenters. The lowest BCUT2D eigenvalue weighted by atomic mass is 9.85. The van der Waals surface area contributed by atoms with Crippen molar-refractivity contribution >= 4 is 64.1 Å². The summed E-state index contributed by atoms with van der Waals surface area (Å²) < 4.78 is 69.3. The fraction of sp³-hybridized carbons (Fsp3) is 0.411. The van der Waals surface area contributed by atoms with Crippen molar-refractivity contribution in [2.75, 3.05) is 18.4 Å². The first kappa shape index (κ1) is 57.9. The van der Waals surface area contributed by atoms with Crippen LogP contribution in [-0.4, -0.2) is 81.7 Å². The molecule has 4 aromatic carbocycles. The van der Waals surface area contributed by atoms with Gasteiger partial charge in [0, 0.05) is 64.5 Å². The fourth-order valence-electron chi connectivity index (χ4n) is 9.56. The molecule has 1 fully saturated rings. The number of β-amino-alcohol motifs (C(OH)–C–C–N with tert-alkyl or cyclic N) is 1. The SMILES string of the molecule is Cc1ncsc1-c1ccc([C@H](C)NC(=O)[C@@H]2C[C@@H](O)CN2C(=O)[C@@H](NC(=O)CCCCCCCCCNC(=O)c2cc(NC(=O)c3cc(F)cc(C(F)(F)F)c3)c3c(c2)C(=O)N[C@@H]3c2cc(F)ccc2Cl)C(C)(C)C)cc1. The number of carbonyl (C=O) groups excluding carboxylic acids is 6. The number of carbonyl (C=O) groups is 6. The maximum absolute atomic E-state index is 14.4. The van der Waals surface area contributed by atoms with E-state index in [0.29, 0.717) is 25.0 Å². The maximum atomic E-state index is 14.4. The summed E-state index contributed by atoms with van der Waals surface area (Å²) in [5.41, 5.74) is 1.65. The van der Waals surface area contributed by atoms with Crippen molar-refractivity contribution in [1.82, 2.24) is 31.2 Å². The fourth-order valence-corrected chi connectivity index (χ4v) is 10.6. The number of aryl methyl sites for hydroxylation is 1. The average Bonchev–Trinajstić information content (AvgIpc) is 4.12. The predicted octanol–water partition coefficient (Wildman–Crippen LogP) is 10.4. The first-order valence-corrected chi connectivity index (χ1v) is 26.6. The monoisotopic (exact) mass is 1110 g/mol. The van der Waals surface area contributed by atoms with E-state index in [-0.39, 0.29) is 76.9 Å². The van der Waals surface area contributed by atoms with Crippen molar-refractivity contribution in [3.05, 3.63) is 140 Å². The number of nitrogens with one attached hydrogen (secondary N) is 5. The van der Waals surface area contributed by atoms with E-state index in [1.165, 1.54) is 23.1 Å². The molecular weight excluding hydrogens is 1050 g/mol. The molecule has 3 heterocycles. The van der Waals surface area contributed by atoms with Crippen LogP contribution < -0.4 is 26.6 Å². The van der Waals surface area contributed by atoms with Gasteiger partial charge in [-0.05, 0) is 91.8 Å². The third-order valence-electron chi connectivity index (χ3n) is 13.7. The van der Waals surface area contributed by atoms with Crippen molar-refractivity contribution in [1.29, 1.82) is 0 Å². The maximum Gasteiger partial charge on any atom is 0.416 e. The van der Waals surface area contributed by atoms with Crippen molar-refractivity contribution in [2.24, 2.45) is 5.41 Å². The second-order valence-corrected chi connectivity index (χ2v) is 21.9. The summed E-state index contributed by atoms with van der Waals surface area (Å²) in [5, 5.41) is 24.5. The molecule has 2 aliphatic heterocycles. The third kappa shape index (κ3) is 14.4. The number of alkyl halides is 3. The summed E-state index contributed by atoms with van der Waals surface area (Å²) in [4.78, 5) is 88.1. The number of hydrogen-bond acceptors (Lipinski definition) is 9. The zero-order chi connectivity index (χ0) is 55.9. The Kier molecular flexibility index (Phi) is 18.6. The number of anilines is 1. The lowest BCUT2D eigenvalue weighted by Crippen LogP contribution is -2.57. The van der Waals surface area contributed by atoms with Gasteiger partial charge in [-0.1, -0.05) is 88.7 Å². The van der Waals surface area contributed by atoms with Gasteiger partial charge in [0.25, 0.3) is 17.7 Å². The van der Waals surface area contributed by atoms with Gasteiger partial charge in [-0.15, -0.1) is 11.3 Å². The van der Waals surface area contributed by atoms with E-state index in [9.17, 15) is 55.8 Å². The minimum absolute atomic E-state index is 0.0427. The molecule has 5 atom stereocenters. The van der Waals surface area contributed by atoms with Gasteiger partial charge in [-0.3, -0.25) is 28.8 Å². The van der Waals surface area contributed by atoms with E-state index < -0.39 is 88.1 Å².